The smallest absolute Gasteiger partial charge is 0.326 e. The third-order valence-corrected chi connectivity index (χ3v) is 4.88. The molecule has 2 aromatic heterocycles. The maximum atomic E-state index is 12.4. The molecule has 0 radical (unpaired) electrons. The first-order chi connectivity index (χ1) is 11.5. The molecular formula is C17H17N3O3S. The molecule has 0 spiro atoms. The average molecular weight is 343 g/mol. The van der Waals surface area contributed by atoms with Crippen molar-refractivity contribution in [3.8, 4) is 0 Å². The highest BCUT2D eigenvalue weighted by Gasteiger charge is 2.24. The van der Waals surface area contributed by atoms with E-state index in [0.29, 0.717) is 10.6 Å². The number of para-hydroxylation sites is 1. The predicted octanol–water partition coefficient (Wildman–Crippen LogP) is 2.67. The van der Waals surface area contributed by atoms with Crippen LogP contribution in [0, 0.1) is 13.8 Å². The zero-order chi connectivity index (χ0) is 17.3. The van der Waals surface area contributed by atoms with Gasteiger partial charge >= 0.3 is 5.97 Å². The first kappa shape index (κ1) is 16.2. The number of benzene rings is 1. The lowest BCUT2D eigenvalue weighted by Crippen LogP contribution is -2.42. The summed E-state index contributed by atoms with van der Waals surface area (Å²) in [6.07, 6.45) is 2.00. The molecule has 0 fully saturated rings. The first-order valence-electron chi connectivity index (χ1n) is 7.48. The second-order valence-electron chi connectivity index (χ2n) is 5.58. The topological polar surface area (TPSA) is 95.1 Å². The van der Waals surface area contributed by atoms with Crippen molar-refractivity contribution in [3.63, 3.8) is 0 Å². The molecule has 0 bridgehead atoms. The molecule has 6 nitrogen and oxygen atoms in total. The Morgan fingerprint density at radius 3 is 2.75 bits per heavy atom. The Morgan fingerprint density at radius 1 is 1.33 bits per heavy atom. The molecule has 24 heavy (non-hydrogen) atoms. The van der Waals surface area contributed by atoms with Gasteiger partial charge in [-0.05, 0) is 25.5 Å². The van der Waals surface area contributed by atoms with Crippen LogP contribution in [0.1, 0.15) is 25.9 Å². The van der Waals surface area contributed by atoms with Gasteiger partial charge in [0.05, 0.1) is 10.7 Å². The van der Waals surface area contributed by atoms with Gasteiger partial charge in [-0.25, -0.2) is 9.78 Å². The number of nitrogens with zero attached hydrogens (tertiary/aromatic N) is 1. The van der Waals surface area contributed by atoms with Gasteiger partial charge in [-0.1, -0.05) is 18.2 Å². The van der Waals surface area contributed by atoms with Gasteiger partial charge in [0, 0.05) is 23.5 Å². The fourth-order valence-electron chi connectivity index (χ4n) is 2.69. The molecule has 1 unspecified atom stereocenters. The number of hydrogen-bond acceptors (Lipinski definition) is 4. The van der Waals surface area contributed by atoms with Crippen molar-refractivity contribution in [2.24, 2.45) is 0 Å². The number of carboxylic acids is 1. The van der Waals surface area contributed by atoms with E-state index in [1.807, 2.05) is 31.2 Å². The summed E-state index contributed by atoms with van der Waals surface area (Å²) in [6, 6.07) is 6.67. The Bertz CT molecular complexity index is 913. The van der Waals surface area contributed by atoms with Gasteiger partial charge in [-0.2, -0.15) is 0 Å². The second-order valence-corrected chi connectivity index (χ2v) is 6.78. The van der Waals surface area contributed by atoms with Crippen LogP contribution in [0.15, 0.2) is 30.5 Å². The second kappa shape index (κ2) is 6.45. The molecule has 0 saturated heterocycles. The van der Waals surface area contributed by atoms with Crippen LogP contribution in [0.5, 0.6) is 0 Å². The lowest BCUT2D eigenvalue weighted by Gasteiger charge is -2.13. The van der Waals surface area contributed by atoms with Crippen LogP contribution in [0.4, 0.5) is 0 Å². The zero-order valence-electron chi connectivity index (χ0n) is 13.3. The van der Waals surface area contributed by atoms with Crippen molar-refractivity contribution < 1.29 is 14.7 Å². The predicted molar refractivity (Wildman–Crippen MR) is 92.5 cm³/mol. The average Bonchev–Trinajstić information content (AvgIpc) is 3.09. The third-order valence-electron chi connectivity index (χ3n) is 3.81. The Labute approximate surface area is 142 Å². The molecule has 0 saturated carbocycles. The van der Waals surface area contributed by atoms with Crippen molar-refractivity contribution in [1.29, 1.82) is 0 Å². The molecule has 3 N–H and O–H groups in total. The van der Waals surface area contributed by atoms with E-state index in [2.05, 4.69) is 15.3 Å². The minimum absolute atomic E-state index is 0.210. The SMILES string of the molecule is Cc1nc(C)c(C(=O)NC(Cc2c[nH]c3ccccc23)C(=O)O)s1. The largest absolute Gasteiger partial charge is 0.480 e. The fourth-order valence-corrected chi connectivity index (χ4v) is 3.51. The van der Waals surface area contributed by atoms with Crippen LogP contribution in [0.2, 0.25) is 0 Å². The highest BCUT2D eigenvalue weighted by atomic mass is 32.1. The van der Waals surface area contributed by atoms with Gasteiger partial charge in [0.1, 0.15) is 10.9 Å². The van der Waals surface area contributed by atoms with E-state index in [1.165, 1.54) is 11.3 Å². The van der Waals surface area contributed by atoms with E-state index >= 15 is 0 Å². The summed E-state index contributed by atoms with van der Waals surface area (Å²) in [4.78, 5) is 31.7. The highest BCUT2D eigenvalue weighted by Crippen LogP contribution is 2.20. The summed E-state index contributed by atoms with van der Waals surface area (Å²) in [6.45, 7) is 3.56. The zero-order valence-corrected chi connectivity index (χ0v) is 14.1. The number of aryl methyl sites for hydroxylation is 2. The lowest BCUT2D eigenvalue weighted by atomic mass is 10.0. The number of carbonyl (C=O) groups is 2. The van der Waals surface area contributed by atoms with Gasteiger partial charge in [0.15, 0.2) is 0 Å². The van der Waals surface area contributed by atoms with E-state index < -0.39 is 17.9 Å². The number of H-pyrrole nitrogens is 1. The molecule has 7 heteroatoms. The van der Waals surface area contributed by atoms with Crippen molar-refractivity contribution in [1.82, 2.24) is 15.3 Å². The van der Waals surface area contributed by atoms with Crippen LogP contribution in [-0.4, -0.2) is 33.0 Å². The summed E-state index contributed by atoms with van der Waals surface area (Å²) >= 11 is 1.26. The minimum Gasteiger partial charge on any atom is -0.480 e. The van der Waals surface area contributed by atoms with Crippen LogP contribution in [0.3, 0.4) is 0 Å². The summed E-state index contributed by atoms with van der Waals surface area (Å²) in [5.41, 5.74) is 2.42. The molecule has 2 heterocycles. The molecule has 1 amide bonds. The number of fused-ring (bicyclic) bond motifs is 1. The normalized spacial score (nSPS) is 12.2. The maximum Gasteiger partial charge on any atom is 0.326 e. The van der Waals surface area contributed by atoms with Crippen LogP contribution in [0.25, 0.3) is 10.9 Å². The molecule has 1 atom stereocenters. The number of aromatic amines is 1. The number of aromatic nitrogens is 2. The van der Waals surface area contributed by atoms with E-state index in [1.54, 1.807) is 13.1 Å². The number of carboxylic acid groups (broad SMARTS) is 1. The molecule has 0 aliphatic carbocycles. The Hall–Kier alpha value is -2.67. The minimum atomic E-state index is -1.06. The number of hydrogen-bond donors (Lipinski definition) is 3. The number of thiazole rings is 1. The monoisotopic (exact) mass is 343 g/mol. The molecular weight excluding hydrogens is 326 g/mol. The number of rotatable bonds is 5. The Morgan fingerprint density at radius 2 is 2.08 bits per heavy atom. The standard InChI is InChI=1S/C17H17N3O3S/c1-9-15(24-10(2)19-9)16(21)20-14(17(22)23)7-11-8-18-13-6-4-3-5-12(11)13/h3-6,8,14,18H,7H2,1-2H3,(H,20,21)(H,22,23). The Kier molecular flexibility index (Phi) is 4.35. The van der Waals surface area contributed by atoms with Gasteiger partial charge in [-0.3, -0.25) is 4.79 Å². The number of aliphatic carboxylic acids is 1. The summed E-state index contributed by atoms with van der Waals surface area (Å²) < 4.78 is 0. The van der Waals surface area contributed by atoms with E-state index in [0.717, 1.165) is 21.5 Å². The number of carbonyl (C=O) groups excluding carboxylic acids is 1. The van der Waals surface area contributed by atoms with Gasteiger partial charge in [-0.15, -0.1) is 11.3 Å². The van der Waals surface area contributed by atoms with Gasteiger partial charge < -0.3 is 15.4 Å². The van der Waals surface area contributed by atoms with Crippen molar-refractivity contribution >= 4 is 34.1 Å². The van der Waals surface area contributed by atoms with E-state index in [-0.39, 0.29) is 6.42 Å². The maximum absolute atomic E-state index is 12.4. The Balaban J connectivity index is 1.81. The van der Waals surface area contributed by atoms with Gasteiger partial charge in [0.25, 0.3) is 5.91 Å². The number of amides is 1. The molecule has 3 aromatic rings. The summed E-state index contributed by atoms with van der Waals surface area (Å²) in [5, 5.41) is 13.8. The van der Waals surface area contributed by atoms with Crippen LogP contribution >= 0.6 is 11.3 Å². The molecule has 124 valence electrons. The van der Waals surface area contributed by atoms with Crippen LogP contribution in [-0.2, 0) is 11.2 Å². The van der Waals surface area contributed by atoms with E-state index in [9.17, 15) is 14.7 Å². The van der Waals surface area contributed by atoms with Crippen molar-refractivity contribution in [3.05, 3.63) is 51.6 Å². The third kappa shape index (κ3) is 3.16. The molecule has 3 rings (SSSR count). The molecule has 0 aliphatic heterocycles. The van der Waals surface area contributed by atoms with Crippen LogP contribution < -0.4 is 5.32 Å². The molecule has 0 aliphatic rings. The van der Waals surface area contributed by atoms with Gasteiger partial charge in [0.2, 0.25) is 0 Å². The van der Waals surface area contributed by atoms with E-state index in [4.69, 9.17) is 0 Å². The van der Waals surface area contributed by atoms with Crippen molar-refractivity contribution in [2.45, 2.75) is 26.3 Å². The first-order valence-corrected chi connectivity index (χ1v) is 8.30. The fraction of sp³-hybridized carbons (Fsp3) is 0.235. The lowest BCUT2D eigenvalue weighted by molar-refractivity contribution is -0.139. The molecule has 1 aromatic carbocycles. The van der Waals surface area contributed by atoms with Crippen molar-refractivity contribution in [2.75, 3.05) is 0 Å². The summed E-state index contributed by atoms with van der Waals surface area (Å²) in [5.74, 6) is -1.46. The quantitative estimate of drug-likeness (QED) is 0.664. The summed E-state index contributed by atoms with van der Waals surface area (Å²) in [7, 11) is 0. The number of nitrogens with one attached hydrogen (secondary N) is 2. The highest BCUT2D eigenvalue weighted by molar-refractivity contribution is 7.13.